The van der Waals surface area contributed by atoms with Gasteiger partial charge in [-0.05, 0) is 30.9 Å². The van der Waals surface area contributed by atoms with Crippen LogP contribution in [0.1, 0.15) is 32.3 Å². The van der Waals surface area contributed by atoms with Crippen molar-refractivity contribution in [2.45, 2.75) is 51.2 Å². The van der Waals surface area contributed by atoms with Gasteiger partial charge in [0.15, 0.2) is 0 Å². The van der Waals surface area contributed by atoms with Crippen molar-refractivity contribution in [2.75, 3.05) is 6.54 Å². The number of benzene rings is 1. The monoisotopic (exact) mass is 361 g/mol. The Morgan fingerprint density at radius 2 is 1.88 bits per heavy atom. The third-order valence-corrected chi connectivity index (χ3v) is 4.52. The number of carbonyl (C=O) groups is 3. The molecule has 1 aromatic carbocycles. The van der Waals surface area contributed by atoms with E-state index in [0.717, 1.165) is 24.9 Å². The third kappa shape index (κ3) is 5.56. The van der Waals surface area contributed by atoms with E-state index < -0.39 is 24.0 Å². The van der Waals surface area contributed by atoms with E-state index in [2.05, 4.69) is 16.0 Å². The zero-order valence-corrected chi connectivity index (χ0v) is 15.2. The average molecular weight is 361 g/mol. The van der Waals surface area contributed by atoms with Gasteiger partial charge in [-0.15, -0.1) is 0 Å². The van der Waals surface area contributed by atoms with Crippen molar-refractivity contribution in [3.05, 3.63) is 35.9 Å². The van der Waals surface area contributed by atoms with Crippen molar-refractivity contribution in [1.29, 1.82) is 0 Å². The molecule has 1 aromatic rings. The minimum Gasteiger partial charge on any atom is -0.480 e. The lowest BCUT2D eigenvalue weighted by Gasteiger charge is -2.24. The summed E-state index contributed by atoms with van der Waals surface area (Å²) in [6, 6.07) is 7.21. The molecule has 0 aromatic heterocycles. The largest absolute Gasteiger partial charge is 0.480 e. The van der Waals surface area contributed by atoms with Gasteiger partial charge in [0.25, 0.3) is 0 Å². The van der Waals surface area contributed by atoms with Crippen molar-refractivity contribution in [2.24, 2.45) is 5.92 Å². The smallest absolute Gasteiger partial charge is 0.326 e. The van der Waals surface area contributed by atoms with Gasteiger partial charge in [0.2, 0.25) is 11.8 Å². The molecule has 0 saturated carbocycles. The van der Waals surface area contributed by atoms with E-state index in [9.17, 15) is 19.5 Å². The van der Waals surface area contributed by atoms with Crippen molar-refractivity contribution < 1.29 is 19.5 Å². The first-order chi connectivity index (χ1) is 12.4. The van der Waals surface area contributed by atoms with Crippen LogP contribution in [0.25, 0.3) is 0 Å². The highest BCUT2D eigenvalue weighted by atomic mass is 16.4. The van der Waals surface area contributed by atoms with Crippen LogP contribution in [0.15, 0.2) is 30.3 Å². The van der Waals surface area contributed by atoms with Crippen LogP contribution in [-0.4, -0.2) is 47.6 Å². The van der Waals surface area contributed by atoms with E-state index >= 15 is 0 Å². The highest BCUT2D eigenvalue weighted by molar-refractivity contribution is 5.92. The first-order valence-electron chi connectivity index (χ1n) is 8.99. The first-order valence-corrected chi connectivity index (χ1v) is 8.99. The Balaban J connectivity index is 2.11. The van der Waals surface area contributed by atoms with E-state index in [4.69, 9.17) is 0 Å². The normalized spacial score (nSPS) is 19.0. The SMILES string of the molecule is CC(C)[C@H](NC(=O)[C@H](Cc1ccccc1)NC(=O)[C@@H]1CCCN1)C(=O)O. The van der Waals surface area contributed by atoms with Gasteiger partial charge >= 0.3 is 5.97 Å². The molecule has 142 valence electrons. The second kappa shape index (κ2) is 9.33. The van der Waals surface area contributed by atoms with Crippen LogP contribution in [0, 0.1) is 5.92 Å². The predicted molar refractivity (Wildman–Crippen MR) is 97.5 cm³/mol. The van der Waals surface area contributed by atoms with Gasteiger partial charge < -0.3 is 21.1 Å². The predicted octanol–water partition coefficient (Wildman–Crippen LogP) is 0.691. The summed E-state index contributed by atoms with van der Waals surface area (Å²) in [5.74, 6) is -2.06. The molecule has 1 aliphatic rings. The third-order valence-electron chi connectivity index (χ3n) is 4.52. The molecule has 2 rings (SSSR count). The fraction of sp³-hybridized carbons (Fsp3) is 0.526. The molecule has 2 amide bonds. The van der Waals surface area contributed by atoms with Crippen molar-refractivity contribution in [3.63, 3.8) is 0 Å². The standard InChI is InChI=1S/C19H27N3O4/c1-12(2)16(19(25)26)22-18(24)15(11-13-7-4-3-5-8-13)21-17(23)14-9-6-10-20-14/h3-5,7-8,12,14-16,20H,6,9-11H2,1-2H3,(H,21,23)(H,22,24)(H,25,26)/t14-,15-,16-/m0/s1. The van der Waals surface area contributed by atoms with Crippen molar-refractivity contribution in [3.8, 4) is 0 Å². The molecule has 0 unspecified atom stereocenters. The maximum atomic E-state index is 12.7. The Morgan fingerprint density at radius 3 is 2.42 bits per heavy atom. The molecule has 3 atom stereocenters. The van der Waals surface area contributed by atoms with Crippen LogP contribution in [0.4, 0.5) is 0 Å². The zero-order valence-electron chi connectivity index (χ0n) is 15.2. The Morgan fingerprint density at radius 1 is 1.19 bits per heavy atom. The lowest BCUT2D eigenvalue weighted by atomic mass is 10.0. The van der Waals surface area contributed by atoms with Crippen molar-refractivity contribution >= 4 is 17.8 Å². The maximum absolute atomic E-state index is 12.7. The van der Waals surface area contributed by atoms with Gasteiger partial charge in [0, 0.05) is 6.42 Å². The number of carbonyl (C=O) groups excluding carboxylic acids is 2. The molecule has 1 aliphatic heterocycles. The molecule has 0 spiro atoms. The number of hydrogen-bond donors (Lipinski definition) is 4. The van der Waals surface area contributed by atoms with Gasteiger partial charge in [-0.25, -0.2) is 4.79 Å². The Labute approximate surface area is 153 Å². The fourth-order valence-corrected chi connectivity index (χ4v) is 3.01. The van der Waals surface area contributed by atoms with Crippen LogP contribution in [0.3, 0.4) is 0 Å². The summed E-state index contributed by atoms with van der Waals surface area (Å²) in [5, 5.41) is 17.8. The van der Waals surface area contributed by atoms with Gasteiger partial charge in [-0.3, -0.25) is 9.59 Å². The molecule has 4 N–H and O–H groups in total. The summed E-state index contributed by atoms with van der Waals surface area (Å²) >= 11 is 0. The second-order valence-electron chi connectivity index (χ2n) is 6.97. The Bertz CT molecular complexity index is 627. The number of nitrogens with one attached hydrogen (secondary N) is 3. The summed E-state index contributed by atoms with van der Waals surface area (Å²) in [4.78, 5) is 36.5. The van der Waals surface area contributed by atoms with Crippen LogP contribution in [0.2, 0.25) is 0 Å². The van der Waals surface area contributed by atoms with Crippen LogP contribution >= 0.6 is 0 Å². The van der Waals surface area contributed by atoms with Gasteiger partial charge in [-0.1, -0.05) is 44.2 Å². The van der Waals surface area contributed by atoms with Crippen LogP contribution in [0.5, 0.6) is 0 Å². The number of hydrogen-bond acceptors (Lipinski definition) is 4. The molecule has 1 saturated heterocycles. The molecular formula is C19H27N3O4. The van der Waals surface area contributed by atoms with Gasteiger partial charge in [-0.2, -0.15) is 0 Å². The highest BCUT2D eigenvalue weighted by Crippen LogP contribution is 2.09. The molecule has 7 nitrogen and oxygen atoms in total. The number of amides is 2. The maximum Gasteiger partial charge on any atom is 0.326 e. The molecule has 1 fully saturated rings. The molecule has 7 heteroatoms. The van der Waals surface area contributed by atoms with E-state index in [1.54, 1.807) is 13.8 Å². The minimum atomic E-state index is -1.09. The lowest BCUT2D eigenvalue weighted by Crippen LogP contribution is -2.56. The quantitative estimate of drug-likeness (QED) is 0.545. The number of rotatable bonds is 8. The summed E-state index contributed by atoms with van der Waals surface area (Å²) < 4.78 is 0. The summed E-state index contributed by atoms with van der Waals surface area (Å²) in [7, 11) is 0. The molecular weight excluding hydrogens is 334 g/mol. The molecule has 26 heavy (non-hydrogen) atoms. The minimum absolute atomic E-state index is 0.227. The van der Waals surface area contributed by atoms with Crippen molar-refractivity contribution in [1.82, 2.24) is 16.0 Å². The van der Waals surface area contributed by atoms with E-state index in [0.29, 0.717) is 6.42 Å². The summed E-state index contributed by atoms with van der Waals surface area (Å²) in [6.45, 7) is 4.24. The number of aliphatic carboxylic acids is 1. The van der Waals surface area contributed by atoms with Crippen LogP contribution in [-0.2, 0) is 20.8 Å². The van der Waals surface area contributed by atoms with Gasteiger partial charge in [0.05, 0.1) is 6.04 Å². The van der Waals surface area contributed by atoms with E-state index in [1.165, 1.54) is 0 Å². The zero-order chi connectivity index (χ0) is 19.1. The van der Waals surface area contributed by atoms with Gasteiger partial charge in [0.1, 0.15) is 12.1 Å². The molecule has 0 radical (unpaired) electrons. The van der Waals surface area contributed by atoms with Crippen LogP contribution < -0.4 is 16.0 Å². The topological polar surface area (TPSA) is 108 Å². The Kier molecular flexibility index (Phi) is 7.15. The lowest BCUT2D eigenvalue weighted by molar-refractivity contribution is -0.143. The molecule has 0 bridgehead atoms. The van der Waals surface area contributed by atoms with E-state index in [1.807, 2.05) is 30.3 Å². The Hall–Kier alpha value is -2.41. The first kappa shape index (κ1) is 19.9. The number of carboxylic acid groups (broad SMARTS) is 1. The highest BCUT2D eigenvalue weighted by Gasteiger charge is 2.31. The number of carboxylic acids is 1. The fourth-order valence-electron chi connectivity index (χ4n) is 3.01. The molecule has 0 aliphatic carbocycles. The average Bonchev–Trinajstić information content (AvgIpc) is 3.14. The summed E-state index contributed by atoms with van der Waals surface area (Å²) in [6.07, 6.45) is 1.95. The molecule has 1 heterocycles. The summed E-state index contributed by atoms with van der Waals surface area (Å²) in [5.41, 5.74) is 0.892. The van der Waals surface area contributed by atoms with E-state index in [-0.39, 0.29) is 17.9 Å². The second-order valence-corrected chi connectivity index (χ2v) is 6.97.